The number of rotatable bonds is 1. The molecule has 0 aromatic heterocycles. The largest absolute Gasteiger partial charge is 0.326 e. The summed E-state index contributed by atoms with van der Waals surface area (Å²) >= 11 is 0. The first kappa shape index (κ1) is 12.6. The quantitative estimate of drug-likeness (QED) is 0.806. The fraction of sp³-hybridized carbons (Fsp3) is 0.600. The van der Waals surface area contributed by atoms with E-state index in [1.807, 2.05) is 0 Å². The first-order valence-corrected chi connectivity index (χ1v) is 6.54. The molecule has 1 aromatic carbocycles. The van der Waals surface area contributed by atoms with E-state index in [9.17, 15) is 0 Å². The van der Waals surface area contributed by atoms with Gasteiger partial charge in [0, 0.05) is 12.1 Å². The third-order valence-corrected chi connectivity index (χ3v) is 4.13. The predicted octanol–water partition coefficient (Wildman–Crippen LogP) is 2.71. The van der Waals surface area contributed by atoms with Crippen LogP contribution in [0.1, 0.15) is 41.1 Å². The van der Waals surface area contributed by atoms with Gasteiger partial charge in [-0.2, -0.15) is 0 Å². The predicted molar refractivity (Wildman–Crippen MR) is 73.2 cm³/mol. The van der Waals surface area contributed by atoms with Crippen molar-refractivity contribution in [2.75, 3.05) is 13.6 Å². The second kappa shape index (κ2) is 4.79. The lowest BCUT2D eigenvalue weighted by molar-refractivity contribution is 0.162. The first-order valence-electron chi connectivity index (χ1n) is 6.54. The van der Waals surface area contributed by atoms with Crippen LogP contribution in [0.5, 0.6) is 0 Å². The van der Waals surface area contributed by atoms with E-state index >= 15 is 0 Å². The molecule has 94 valence electrons. The second-order valence-electron chi connectivity index (χ2n) is 5.52. The molecule has 1 heterocycles. The number of likely N-dealkylation sites (tertiary alicyclic amines) is 1. The SMILES string of the molecule is Cc1cc(C)c(C2C(N)CCCN2C)cc1C. The summed E-state index contributed by atoms with van der Waals surface area (Å²) in [7, 11) is 2.19. The van der Waals surface area contributed by atoms with Gasteiger partial charge in [0.15, 0.2) is 0 Å². The third-order valence-electron chi connectivity index (χ3n) is 4.13. The molecule has 2 heteroatoms. The zero-order valence-electron chi connectivity index (χ0n) is 11.5. The highest BCUT2D eigenvalue weighted by atomic mass is 15.2. The number of hydrogen-bond acceptors (Lipinski definition) is 2. The Hall–Kier alpha value is -0.860. The van der Waals surface area contributed by atoms with E-state index in [2.05, 4.69) is 44.9 Å². The molecule has 0 amide bonds. The van der Waals surface area contributed by atoms with Gasteiger partial charge >= 0.3 is 0 Å². The molecule has 1 saturated heterocycles. The molecule has 1 fully saturated rings. The molecule has 0 bridgehead atoms. The van der Waals surface area contributed by atoms with Gasteiger partial charge in [-0.25, -0.2) is 0 Å². The van der Waals surface area contributed by atoms with Crippen LogP contribution in [-0.2, 0) is 0 Å². The summed E-state index contributed by atoms with van der Waals surface area (Å²) in [6.07, 6.45) is 2.36. The minimum Gasteiger partial charge on any atom is -0.326 e. The maximum Gasteiger partial charge on any atom is 0.0499 e. The number of piperidine rings is 1. The summed E-state index contributed by atoms with van der Waals surface area (Å²) in [5, 5.41) is 0. The van der Waals surface area contributed by atoms with E-state index in [1.54, 1.807) is 0 Å². The van der Waals surface area contributed by atoms with Crippen LogP contribution in [0.2, 0.25) is 0 Å². The molecule has 2 N–H and O–H groups in total. The molecule has 0 spiro atoms. The maximum absolute atomic E-state index is 6.32. The van der Waals surface area contributed by atoms with E-state index in [-0.39, 0.29) is 6.04 Å². The van der Waals surface area contributed by atoms with Gasteiger partial charge in [0.25, 0.3) is 0 Å². The molecule has 1 aliphatic rings. The standard InChI is InChI=1S/C15H24N2/c1-10-8-12(3)13(9-11(10)2)15-14(16)6-5-7-17(15)4/h8-9,14-15H,5-7,16H2,1-4H3. The normalized spacial score (nSPS) is 26.2. The van der Waals surface area contributed by atoms with Crippen molar-refractivity contribution < 1.29 is 0 Å². The van der Waals surface area contributed by atoms with Crippen molar-refractivity contribution in [2.45, 2.75) is 45.7 Å². The Labute approximate surface area is 105 Å². The van der Waals surface area contributed by atoms with Crippen LogP contribution in [-0.4, -0.2) is 24.5 Å². The van der Waals surface area contributed by atoms with Gasteiger partial charge in [-0.05, 0) is 69.5 Å². The fourth-order valence-electron chi connectivity index (χ4n) is 2.97. The van der Waals surface area contributed by atoms with Crippen molar-refractivity contribution in [1.29, 1.82) is 0 Å². The van der Waals surface area contributed by atoms with Crippen molar-refractivity contribution in [1.82, 2.24) is 4.90 Å². The number of aryl methyl sites for hydroxylation is 3. The van der Waals surface area contributed by atoms with Crippen LogP contribution in [0, 0.1) is 20.8 Å². The number of nitrogens with zero attached hydrogens (tertiary/aromatic N) is 1. The highest BCUT2D eigenvalue weighted by molar-refractivity contribution is 5.39. The molecule has 17 heavy (non-hydrogen) atoms. The molecule has 2 rings (SSSR count). The summed E-state index contributed by atoms with van der Waals surface area (Å²) in [4.78, 5) is 2.41. The van der Waals surface area contributed by atoms with Crippen LogP contribution in [0.15, 0.2) is 12.1 Å². The van der Waals surface area contributed by atoms with Gasteiger partial charge in [0.05, 0.1) is 0 Å². The Morgan fingerprint density at radius 3 is 2.41 bits per heavy atom. The fourth-order valence-corrected chi connectivity index (χ4v) is 2.97. The monoisotopic (exact) mass is 232 g/mol. The summed E-state index contributed by atoms with van der Waals surface area (Å²) in [5.41, 5.74) is 11.9. The van der Waals surface area contributed by atoms with Crippen molar-refractivity contribution >= 4 is 0 Å². The van der Waals surface area contributed by atoms with Gasteiger partial charge in [-0.1, -0.05) is 12.1 Å². The lowest BCUT2D eigenvalue weighted by atomic mass is 9.87. The van der Waals surface area contributed by atoms with Crippen molar-refractivity contribution in [3.63, 3.8) is 0 Å². The third kappa shape index (κ3) is 2.38. The zero-order chi connectivity index (χ0) is 12.6. The Kier molecular flexibility index (Phi) is 3.55. The summed E-state index contributed by atoms with van der Waals surface area (Å²) in [6, 6.07) is 5.29. The Morgan fingerprint density at radius 2 is 1.76 bits per heavy atom. The molecule has 2 atom stereocenters. The topological polar surface area (TPSA) is 29.3 Å². The molecule has 0 aliphatic carbocycles. The van der Waals surface area contributed by atoms with Crippen molar-refractivity contribution in [3.8, 4) is 0 Å². The average Bonchev–Trinajstić information content (AvgIpc) is 2.25. The Bertz CT molecular complexity index is 402. The minimum atomic E-state index is 0.273. The highest BCUT2D eigenvalue weighted by Gasteiger charge is 2.28. The van der Waals surface area contributed by atoms with Crippen LogP contribution in [0.4, 0.5) is 0 Å². The molecule has 0 saturated carbocycles. The zero-order valence-corrected chi connectivity index (χ0v) is 11.5. The van der Waals surface area contributed by atoms with E-state index in [1.165, 1.54) is 28.7 Å². The van der Waals surface area contributed by atoms with Crippen LogP contribution < -0.4 is 5.73 Å². The smallest absolute Gasteiger partial charge is 0.0499 e. The lowest BCUT2D eigenvalue weighted by Crippen LogP contribution is -2.44. The van der Waals surface area contributed by atoms with Crippen molar-refractivity contribution in [3.05, 3.63) is 34.4 Å². The number of hydrogen-bond donors (Lipinski definition) is 1. The van der Waals surface area contributed by atoms with Gasteiger partial charge in [0.1, 0.15) is 0 Å². The van der Waals surface area contributed by atoms with Crippen LogP contribution in [0.3, 0.4) is 0 Å². The van der Waals surface area contributed by atoms with Gasteiger partial charge in [-0.3, -0.25) is 4.90 Å². The van der Waals surface area contributed by atoms with E-state index < -0.39 is 0 Å². The molecular formula is C15H24N2. The summed E-state index contributed by atoms with van der Waals surface area (Å²) < 4.78 is 0. The molecular weight excluding hydrogens is 208 g/mol. The first-order chi connectivity index (χ1) is 8.00. The van der Waals surface area contributed by atoms with Crippen LogP contribution >= 0.6 is 0 Å². The maximum atomic E-state index is 6.32. The summed E-state index contributed by atoms with van der Waals surface area (Å²) in [5.74, 6) is 0. The van der Waals surface area contributed by atoms with Gasteiger partial charge in [-0.15, -0.1) is 0 Å². The number of likely N-dealkylation sites (N-methyl/N-ethyl adjacent to an activating group) is 1. The average molecular weight is 232 g/mol. The number of benzene rings is 1. The lowest BCUT2D eigenvalue weighted by Gasteiger charge is -2.38. The minimum absolute atomic E-state index is 0.273. The number of nitrogens with two attached hydrogens (primary N) is 1. The second-order valence-corrected chi connectivity index (χ2v) is 5.52. The van der Waals surface area contributed by atoms with Gasteiger partial charge in [0.2, 0.25) is 0 Å². The van der Waals surface area contributed by atoms with E-state index in [0.29, 0.717) is 6.04 Å². The Balaban J connectivity index is 2.41. The Morgan fingerprint density at radius 1 is 1.12 bits per heavy atom. The van der Waals surface area contributed by atoms with Gasteiger partial charge < -0.3 is 5.73 Å². The molecule has 1 aliphatic heterocycles. The van der Waals surface area contributed by atoms with Crippen molar-refractivity contribution in [2.24, 2.45) is 5.73 Å². The molecule has 1 aromatic rings. The highest BCUT2D eigenvalue weighted by Crippen LogP contribution is 2.32. The molecule has 0 radical (unpaired) electrons. The van der Waals surface area contributed by atoms with E-state index in [4.69, 9.17) is 5.73 Å². The van der Waals surface area contributed by atoms with Crippen LogP contribution in [0.25, 0.3) is 0 Å². The van der Waals surface area contributed by atoms with E-state index in [0.717, 1.165) is 13.0 Å². The summed E-state index contributed by atoms with van der Waals surface area (Å²) in [6.45, 7) is 7.73. The molecule has 2 unspecified atom stereocenters. The molecule has 2 nitrogen and oxygen atoms in total.